The Hall–Kier alpha value is -3.06. The second kappa shape index (κ2) is 7.45. The first-order valence-electron chi connectivity index (χ1n) is 8.17. The van der Waals surface area contributed by atoms with Crippen molar-refractivity contribution in [2.75, 3.05) is 24.3 Å². The van der Waals surface area contributed by atoms with Crippen molar-refractivity contribution >= 4 is 11.6 Å². The van der Waals surface area contributed by atoms with Gasteiger partial charge in [0, 0.05) is 30.9 Å². The minimum absolute atomic E-state index is 0.220. The summed E-state index contributed by atoms with van der Waals surface area (Å²) in [6, 6.07) is 13.9. The lowest BCUT2D eigenvalue weighted by Crippen LogP contribution is -2.16. The maximum Gasteiger partial charge on any atom is 0.245 e. The third-order valence-corrected chi connectivity index (χ3v) is 3.80. The van der Waals surface area contributed by atoms with E-state index in [0.29, 0.717) is 17.0 Å². The van der Waals surface area contributed by atoms with Gasteiger partial charge in [0.2, 0.25) is 5.95 Å². The van der Waals surface area contributed by atoms with Crippen LogP contribution in [-0.4, -0.2) is 40.6 Å². The van der Waals surface area contributed by atoms with Gasteiger partial charge in [-0.1, -0.05) is 12.1 Å². The first-order valence-corrected chi connectivity index (χ1v) is 8.17. The van der Waals surface area contributed by atoms with Gasteiger partial charge in [0.25, 0.3) is 0 Å². The van der Waals surface area contributed by atoms with Gasteiger partial charge in [0.05, 0.1) is 0 Å². The maximum atomic E-state index is 13.3. The third kappa shape index (κ3) is 3.94. The van der Waals surface area contributed by atoms with E-state index in [2.05, 4.69) is 20.5 Å². The zero-order valence-corrected chi connectivity index (χ0v) is 14.8. The average molecular weight is 353 g/mol. The Bertz CT molecular complexity index is 879. The molecule has 26 heavy (non-hydrogen) atoms. The molecule has 6 nitrogen and oxygen atoms in total. The molecule has 1 aromatic heterocycles. The van der Waals surface area contributed by atoms with Crippen LogP contribution in [0.2, 0.25) is 0 Å². The lowest BCUT2D eigenvalue weighted by atomic mass is 10.0. The normalized spacial score (nSPS) is 11.9. The Kier molecular flexibility index (Phi) is 5.09. The van der Waals surface area contributed by atoms with E-state index in [1.54, 1.807) is 19.1 Å². The zero-order chi connectivity index (χ0) is 18.7. The van der Waals surface area contributed by atoms with Crippen molar-refractivity contribution in [1.82, 2.24) is 15.2 Å². The molecular formula is C19H20FN5O. The van der Waals surface area contributed by atoms with Crippen LogP contribution in [0.25, 0.3) is 22.5 Å². The minimum Gasteiger partial charge on any atom is -0.378 e. The second-order valence-electron chi connectivity index (χ2n) is 6.10. The molecule has 0 spiro atoms. The van der Waals surface area contributed by atoms with Crippen molar-refractivity contribution < 1.29 is 9.50 Å². The number of nitrogens with one attached hydrogen (secondary N) is 1. The molecule has 0 bridgehead atoms. The molecule has 134 valence electrons. The van der Waals surface area contributed by atoms with Crippen LogP contribution >= 0.6 is 0 Å². The number of halogens is 1. The van der Waals surface area contributed by atoms with Crippen LogP contribution in [0.4, 0.5) is 16.0 Å². The lowest BCUT2D eigenvalue weighted by molar-refractivity contribution is 0.223. The molecule has 0 radical (unpaired) electrons. The zero-order valence-electron chi connectivity index (χ0n) is 14.8. The largest absolute Gasteiger partial charge is 0.378 e. The smallest absolute Gasteiger partial charge is 0.245 e. The molecule has 0 aliphatic rings. The van der Waals surface area contributed by atoms with Crippen LogP contribution in [0.5, 0.6) is 0 Å². The highest BCUT2D eigenvalue weighted by Crippen LogP contribution is 2.30. The van der Waals surface area contributed by atoms with Crippen LogP contribution in [0.15, 0.2) is 48.5 Å². The fraction of sp³-hybridized carbons (Fsp3) is 0.211. The van der Waals surface area contributed by atoms with E-state index < -0.39 is 6.23 Å². The van der Waals surface area contributed by atoms with Gasteiger partial charge in [-0.25, -0.2) is 9.37 Å². The van der Waals surface area contributed by atoms with Crippen LogP contribution in [-0.2, 0) is 0 Å². The number of anilines is 2. The van der Waals surface area contributed by atoms with Crippen LogP contribution < -0.4 is 10.2 Å². The van der Waals surface area contributed by atoms with E-state index in [4.69, 9.17) is 0 Å². The van der Waals surface area contributed by atoms with Gasteiger partial charge in [-0.2, -0.15) is 0 Å². The number of rotatable bonds is 5. The highest BCUT2D eigenvalue weighted by atomic mass is 19.1. The first kappa shape index (κ1) is 17.8. The fourth-order valence-corrected chi connectivity index (χ4v) is 2.49. The summed E-state index contributed by atoms with van der Waals surface area (Å²) < 4.78 is 13.3. The summed E-state index contributed by atoms with van der Waals surface area (Å²) in [6.45, 7) is 1.57. The van der Waals surface area contributed by atoms with Crippen molar-refractivity contribution in [3.63, 3.8) is 0 Å². The molecule has 2 aromatic carbocycles. The molecular weight excluding hydrogens is 333 g/mol. The number of hydrogen-bond donors (Lipinski definition) is 2. The third-order valence-electron chi connectivity index (χ3n) is 3.80. The van der Waals surface area contributed by atoms with Crippen LogP contribution in [0.3, 0.4) is 0 Å². The van der Waals surface area contributed by atoms with Crippen molar-refractivity contribution in [2.24, 2.45) is 0 Å². The van der Waals surface area contributed by atoms with Gasteiger partial charge in [-0.3, -0.25) is 0 Å². The summed E-state index contributed by atoms with van der Waals surface area (Å²) in [5.41, 5.74) is 3.75. The molecule has 3 aromatic rings. The van der Waals surface area contributed by atoms with Gasteiger partial charge >= 0.3 is 0 Å². The number of aliphatic hydroxyl groups excluding tert-OH is 1. The summed E-state index contributed by atoms with van der Waals surface area (Å²) in [6.07, 6.45) is -0.808. The first-order chi connectivity index (χ1) is 12.4. The van der Waals surface area contributed by atoms with Gasteiger partial charge < -0.3 is 15.3 Å². The highest BCUT2D eigenvalue weighted by molar-refractivity contribution is 5.78. The highest BCUT2D eigenvalue weighted by Gasteiger charge is 2.14. The number of hydrogen-bond acceptors (Lipinski definition) is 6. The molecule has 0 saturated carbocycles. The number of aliphatic hydroxyl groups is 1. The maximum absolute atomic E-state index is 13.3. The van der Waals surface area contributed by atoms with Crippen molar-refractivity contribution in [2.45, 2.75) is 13.2 Å². The molecule has 0 amide bonds. The predicted molar refractivity (Wildman–Crippen MR) is 100 cm³/mol. The van der Waals surface area contributed by atoms with Crippen molar-refractivity contribution in [3.8, 4) is 22.5 Å². The molecule has 1 unspecified atom stereocenters. The molecule has 0 fully saturated rings. The van der Waals surface area contributed by atoms with Gasteiger partial charge in [-0.05, 0) is 43.3 Å². The molecule has 0 aliphatic heterocycles. The summed E-state index contributed by atoms with van der Waals surface area (Å²) in [5, 5.41) is 20.5. The molecule has 3 rings (SSSR count). The van der Waals surface area contributed by atoms with E-state index in [0.717, 1.165) is 11.3 Å². The Labute approximate surface area is 151 Å². The van der Waals surface area contributed by atoms with Crippen molar-refractivity contribution in [3.05, 3.63) is 54.3 Å². The van der Waals surface area contributed by atoms with E-state index >= 15 is 0 Å². The Morgan fingerprint density at radius 1 is 0.923 bits per heavy atom. The lowest BCUT2D eigenvalue weighted by Gasteiger charge is -2.14. The Balaban J connectivity index is 2.10. The number of benzene rings is 2. The molecule has 1 atom stereocenters. The molecule has 0 aliphatic carbocycles. The molecule has 1 heterocycles. The van der Waals surface area contributed by atoms with Gasteiger partial charge in [0.15, 0.2) is 0 Å². The molecule has 7 heteroatoms. The SMILES string of the molecule is CC(O)Nc1nnc(-c2ccc(F)cc2)c(-c2ccc(N(C)C)cc2)n1. The predicted octanol–water partition coefficient (Wildman–Crippen LogP) is 3.16. The van der Waals surface area contributed by atoms with Gasteiger partial charge in [-0.15, -0.1) is 10.2 Å². The van der Waals surface area contributed by atoms with E-state index in [9.17, 15) is 9.50 Å². The quantitative estimate of drug-likeness (QED) is 0.687. The number of aromatic nitrogens is 3. The fourth-order valence-electron chi connectivity index (χ4n) is 2.49. The number of nitrogens with zero attached hydrogens (tertiary/aromatic N) is 4. The second-order valence-corrected chi connectivity index (χ2v) is 6.10. The van der Waals surface area contributed by atoms with Gasteiger partial charge in [0.1, 0.15) is 23.4 Å². The minimum atomic E-state index is -0.808. The molecule has 0 saturated heterocycles. The summed E-state index contributed by atoms with van der Waals surface area (Å²) in [7, 11) is 3.94. The standard InChI is InChI=1S/C19H20FN5O/c1-12(26)21-19-22-17(13-6-10-16(11-7-13)25(2)3)18(23-24-19)14-4-8-15(20)9-5-14/h4-12,26H,1-3H3,(H,21,22,24). The van der Waals surface area contributed by atoms with E-state index in [1.165, 1.54) is 12.1 Å². The topological polar surface area (TPSA) is 74.2 Å². The summed E-state index contributed by atoms with van der Waals surface area (Å²) >= 11 is 0. The van der Waals surface area contributed by atoms with Crippen LogP contribution in [0.1, 0.15) is 6.92 Å². The monoisotopic (exact) mass is 353 g/mol. The van der Waals surface area contributed by atoms with E-state index in [1.807, 2.05) is 43.3 Å². The Morgan fingerprint density at radius 2 is 1.50 bits per heavy atom. The van der Waals surface area contributed by atoms with E-state index in [-0.39, 0.29) is 11.8 Å². The Morgan fingerprint density at radius 3 is 2.08 bits per heavy atom. The molecule has 2 N–H and O–H groups in total. The average Bonchev–Trinajstić information content (AvgIpc) is 2.62. The summed E-state index contributed by atoms with van der Waals surface area (Å²) in [4.78, 5) is 6.51. The van der Waals surface area contributed by atoms with Crippen molar-refractivity contribution in [1.29, 1.82) is 0 Å². The van der Waals surface area contributed by atoms with Crippen LogP contribution in [0, 0.1) is 5.82 Å². The summed E-state index contributed by atoms with van der Waals surface area (Å²) in [5.74, 6) is -0.100.